The Kier molecular flexibility index (Phi) is 6.77. The Balaban J connectivity index is 1.22. The predicted molar refractivity (Wildman–Crippen MR) is 137 cm³/mol. The van der Waals surface area contributed by atoms with Crippen LogP contribution in [0.5, 0.6) is 0 Å². The van der Waals surface area contributed by atoms with E-state index < -0.39 is 0 Å². The van der Waals surface area contributed by atoms with E-state index in [0.717, 1.165) is 29.1 Å². The van der Waals surface area contributed by atoms with Gasteiger partial charge in [0.25, 0.3) is 11.8 Å². The maximum Gasteiger partial charge on any atom is 0.276 e. The van der Waals surface area contributed by atoms with Crippen molar-refractivity contribution in [1.82, 2.24) is 34.6 Å². The molecule has 0 unspecified atom stereocenters. The number of nitrogens with zero attached hydrogens (tertiary/aromatic N) is 7. The maximum absolute atomic E-state index is 13.2. The minimum Gasteiger partial charge on any atom is -0.337 e. The predicted octanol–water partition coefficient (Wildman–Crippen LogP) is 3.88. The molecule has 0 atom stereocenters. The maximum atomic E-state index is 13.2. The highest BCUT2D eigenvalue weighted by Gasteiger charge is 2.29. The van der Waals surface area contributed by atoms with Crippen LogP contribution in [0.4, 0.5) is 0 Å². The second-order valence-electron chi connectivity index (χ2n) is 9.13. The van der Waals surface area contributed by atoms with Gasteiger partial charge in [0.1, 0.15) is 5.69 Å². The number of hydrogen-bond acceptors (Lipinski definition) is 7. The fourth-order valence-corrected chi connectivity index (χ4v) is 5.59. The Hall–Kier alpha value is -3.66. The third kappa shape index (κ3) is 4.73. The number of hydrogen-bond donors (Lipinski definition) is 0. The molecule has 1 aliphatic rings. The number of thiazole rings is 1. The molecule has 1 aliphatic heterocycles. The zero-order chi connectivity index (χ0) is 25.2. The fraction of sp³-hybridized carbons (Fsp3) is 0.385. The highest BCUT2D eigenvalue weighted by molar-refractivity contribution is 7.09. The number of carbonyl (C=O) groups excluding carboxylic acids is 2. The average Bonchev–Trinajstić information content (AvgIpc) is 3.55. The largest absolute Gasteiger partial charge is 0.337 e. The van der Waals surface area contributed by atoms with E-state index in [2.05, 4.69) is 15.3 Å². The monoisotopic (exact) mass is 503 g/mol. The quantitative estimate of drug-likeness (QED) is 0.396. The van der Waals surface area contributed by atoms with Crippen LogP contribution in [0.2, 0.25) is 0 Å². The van der Waals surface area contributed by atoms with Crippen LogP contribution < -0.4 is 0 Å². The summed E-state index contributed by atoms with van der Waals surface area (Å²) in [6.07, 6.45) is 1.59. The molecule has 0 aliphatic carbocycles. The summed E-state index contributed by atoms with van der Waals surface area (Å²) in [5.74, 6) is 0.0611. The zero-order valence-electron chi connectivity index (χ0n) is 20.7. The lowest BCUT2D eigenvalue weighted by Gasteiger charge is -2.31. The molecule has 10 heteroatoms. The lowest BCUT2D eigenvalue weighted by atomic mass is 9.97. The summed E-state index contributed by atoms with van der Waals surface area (Å²) in [6.45, 7) is 8.12. The first-order chi connectivity index (χ1) is 17.4. The van der Waals surface area contributed by atoms with Crippen LogP contribution in [0.3, 0.4) is 0 Å². The molecule has 5 rings (SSSR count). The molecule has 0 saturated carbocycles. The Morgan fingerprint density at radius 2 is 1.86 bits per heavy atom. The summed E-state index contributed by atoms with van der Waals surface area (Å²) in [4.78, 5) is 34.6. The van der Waals surface area contributed by atoms with Gasteiger partial charge in [-0.2, -0.15) is 5.10 Å². The van der Waals surface area contributed by atoms with E-state index in [1.807, 2.05) is 72.3 Å². The number of carbonyl (C=O) groups is 2. The molecular formula is C26H29N7O2S. The molecular weight excluding hydrogens is 474 g/mol. The van der Waals surface area contributed by atoms with Gasteiger partial charge >= 0.3 is 0 Å². The van der Waals surface area contributed by atoms with Gasteiger partial charge in [0, 0.05) is 43.5 Å². The smallest absolute Gasteiger partial charge is 0.276 e. The zero-order valence-corrected chi connectivity index (χ0v) is 21.5. The van der Waals surface area contributed by atoms with Gasteiger partial charge < -0.3 is 9.80 Å². The van der Waals surface area contributed by atoms with Crippen molar-refractivity contribution in [2.45, 2.75) is 46.1 Å². The van der Waals surface area contributed by atoms with Gasteiger partial charge in [0.2, 0.25) is 0 Å². The second kappa shape index (κ2) is 10.1. The van der Waals surface area contributed by atoms with Crippen molar-refractivity contribution in [2.75, 3.05) is 19.6 Å². The first-order valence-corrected chi connectivity index (χ1v) is 13.1. The molecule has 2 amide bonds. The molecule has 0 N–H and O–H groups in total. The number of benzene rings is 1. The van der Waals surface area contributed by atoms with Crippen LogP contribution in [0.25, 0.3) is 5.65 Å². The number of amides is 2. The van der Waals surface area contributed by atoms with Crippen molar-refractivity contribution in [3.63, 3.8) is 0 Å². The van der Waals surface area contributed by atoms with Gasteiger partial charge in [-0.3, -0.25) is 9.59 Å². The summed E-state index contributed by atoms with van der Waals surface area (Å²) in [6, 6.07) is 11.8. The molecule has 186 valence electrons. The van der Waals surface area contributed by atoms with Crippen molar-refractivity contribution in [1.29, 1.82) is 0 Å². The topological polar surface area (TPSA) is 96.6 Å². The SMILES string of the molecule is CCN(Cc1ccccc1)C(=O)c1csc(C2CCN(C(=O)c3nnc4cc(C)nn4c3C)CC2)n1. The van der Waals surface area contributed by atoms with Gasteiger partial charge in [-0.15, -0.1) is 21.5 Å². The van der Waals surface area contributed by atoms with E-state index in [1.54, 1.807) is 4.52 Å². The Labute approximate surface area is 213 Å². The molecule has 9 nitrogen and oxygen atoms in total. The van der Waals surface area contributed by atoms with Crippen molar-refractivity contribution in [3.05, 3.63) is 75.1 Å². The van der Waals surface area contributed by atoms with E-state index in [-0.39, 0.29) is 17.7 Å². The van der Waals surface area contributed by atoms with Gasteiger partial charge in [0.15, 0.2) is 11.3 Å². The summed E-state index contributed by atoms with van der Waals surface area (Å²) in [7, 11) is 0. The van der Waals surface area contributed by atoms with Crippen LogP contribution in [0.15, 0.2) is 41.8 Å². The Morgan fingerprint density at radius 1 is 1.11 bits per heavy atom. The fourth-order valence-electron chi connectivity index (χ4n) is 4.62. The number of fused-ring (bicyclic) bond motifs is 1. The van der Waals surface area contributed by atoms with E-state index in [9.17, 15) is 9.59 Å². The van der Waals surface area contributed by atoms with Gasteiger partial charge in [-0.1, -0.05) is 30.3 Å². The molecule has 0 radical (unpaired) electrons. The minimum atomic E-state index is -0.122. The molecule has 1 fully saturated rings. The van der Waals surface area contributed by atoms with Gasteiger partial charge in [0.05, 0.1) is 16.4 Å². The molecule has 4 aromatic rings. The van der Waals surface area contributed by atoms with Crippen molar-refractivity contribution in [3.8, 4) is 0 Å². The molecule has 0 bridgehead atoms. The van der Waals surface area contributed by atoms with Crippen LogP contribution in [-0.2, 0) is 6.54 Å². The molecule has 1 saturated heterocycles. The minimum absolute atomic E-state index is 0.0465. The highest BCUT2D eigenvalue weighted by Crippen LogP contribution is 2.31. The molecule has 36 heavy (non-hydrogen) atoms. The number of aromatic nitrogens is 5. The van der Waals surface area contributed by atoms with Gasteiger partial charge in [-0.25, -0.2) is 9.50 Å². The third-order valence-corrected chi connectivity index (χ3v) is 7.69. The van der Waals surface area contributed by atoms with E-state index in [4.69, 9.17) is 4.98 Å². The number of likely N-dealkylation sites (tertiary alicyclic amines) is 1. The van der Waals surface area contributed by atoms with Crippen molar-refractivity contribution >= 4 is 28.8 Å². The van der Waals surface area contributed by atoms with E-state index in [0.29, 0.717) is 48.9 Å². The summed E-state index contributed by atoms with van der Waals surface area (Å²) in [5.41, 5.74) is 4.10. The summed E-state index contributed by atoms with van der Waals surface area (Å²) < 4.78 is 1.67. The van der Waals surface area contributed by atoms with E-state index in [1.165, 1.54) is 11.3 Å². The first-order valence-electron chi connectivity index (χ1n) is 12.2. The molecule has 4 heterocycles. The van der Waals surface area contributed by atoms with Crippen molar-refractivity contribution in [2.24, 2.45) is 0 Å². The Bertz CT molecular complexity index is 1390. The molecule has 0 spiro atoms. The number of aryl methyl sites for hydroxylation is 2. The van der Waals surface area contributed by atoms with Crippen LogP contribution in [-0.4, -0.2) is 66.0 Å². The lowest BCUT2D eigenvalue weighted by molar-refractivity contribution is 0.0703. The molecule has 3 aromatic heterocycles. The summed E-state index contributed by atoms with van der Waals surface area (Å²) >= 11 is 1.53. The van der Waals surface area contributed by atoms with Crippen LogP contribution in [0, 0.1) is 13.8 Å². The normalized spacial score (nSPS) is 14.4. The number of rotatable bonds is 6. The first kappa shape index (κ1) is 24.1. The van der Waals surface area contributed by atoms with Crippen molar-refractivity contribution < 1.29 is 9.59 Å². The highest BCUT2D eigenvalue weighted by atomic mass is 32.1. The van der Waals surface area contributed by atoms with Crippen LogP contribution >= 0.6 is 11.3 Å². The number of piperidine rings is 1. The standard InChI is InChI=1S/C26H29N7O2S/c1-4-31(15-19-8-6-5-7-9-19)25(34)21-16-36-24(27-21)20-10-12-32(13-11-20)26(35)23-18(3)33-22(28-29-23)14-17(2)30-33/h5-9,14,16,20H,4,10-13,15H2,1-3H3. The Morgan fingerprint density at radius 3 is 2.58 bits per heavy atom. The van der Waals surface area contributed by atoms with Gasteiger partial charge in [-0.05, 0) is 39.2 Å². The lowest BCUT2D eigenvalue weighted by Crippen LogP contribution is -2.39. The average molecular weight is 504 g/mol. The second-order valence-corrected chi connectivity index (χ2v) is 10.0. The third-order valence-electron chi connectivity index (χ3n) is 6.69. The van der Waals surface area contributed by atoms with Crippen LogP contribution in [0.1, 0.15) is 68.6 Å². The van der Waals surface area contributed by atoms with E-state index >= 15 is 0 Å². The summed E-state index contributed by atoms with van der Waals surface area (Å²) in [5, 5.41) is 15.6. The molecule has 1 aromatic carbocycles.